The normalized spacial score (nSPS) is 14.0. The van der Waals surface area contributed by atoms with Gasteiger partial charge in [0, 0.05) is 23.2 Å². The Hall–Kier alpha value is -3.23. The van der Waals surface area contributed by atoms with Gasteiger partial charge >= 0.3 is 6.03 Å². The number of benzene rings is 2. The van der Waals surface area contributed by atoms with Gasteiger partial charge in [0.25, 0.3) is 0 Å². The van der Waals surface area contributed by atoms with E-state index in [2.05, 4.69) is 20.5 Å². The molecule has 8 heteroatoms. The SMILES string of the molecule is COc1ccccc1C(=O)c1cc(C)ccc1NC(=O)Nc1ncc(CN2CCCCC2)s1. The summed E-state index contributed by atoms with van der Waals surface area (Å²) in [4.78, 5) is 33.8. The average molecular weight is 465 g/mol. The summed E-state index contributed by atoms with van der Waals surface area (Å²) in [5.41, 5.74) is 2.19. The van der Waals surface area contributed by atoms with Gasteiger partial charge in [0.1, 0.15) is 5.75 Å². The first-order valence-corrected chi connectivity index (χ1v) is 11.9. The molecular formula is C25H28N4O3S. The Morgan fingerprint density at radius 1 is 1.06 bits per heavy atom. The van der Waals surface area contributed by atoms with Crippen molar-refractivity contribution >= 4 is 34.0 Å². The van der Waals surface area contributed by atoms with Gasteiger partial charge in [-0.1, -0.05) is 30.2 Å². The number of aryl methyl sites for hydroxylation is 1. The van der Waals surface area contributed by atoms with Gasteiger partial charge in [-0.25, -0.2) is 9.78 Å². The third-order valence-corrected chi connectivity index (χ3v) is 6.52. The summed E-state index contributed by atoms with van der Waals surface area (Å²) in [7, 11) is 1.53. The van der Waals surface area contributed by atoms with Crippen molar-refractivity contribution in [1.82, 2.24) is 9.88 Å². The van der Waals surface area contributed by atoms with E-state index < -0.39 is 6.03 Å². The first-order valence-electron chi connectivity index (χ1n) is 11.1. The molecule has 2 aromatic carbocycles. The van der Waals surface area contributed by atoms with Gasteiger partial charge in [-0.05, 0) is 57.1 Å². The van der Waals surface area contributed by atoms with Crippen molar-refractivity contribution in [2.75, 3.05) is 30.8 Å². The van der Waals surface area contributed by atoms with E-state index in [4.69, 9.17) is 4.74 Å². The Morgan fingerprint density at radius 3 is 2.64 bits per heavy atom. The number of thiazole rings is 1. The van der Waals surface area contributed by atoms with E-state index in [0.717, 1.165) is 30.1 Å². The highest BCUT2D eigenvalue weighted by atomic mass is 32.1. The van der Waals surface area contributed by atoms with Gasteiger partial charge in [0.15, 0.2) is 10.9 Å². The molecule has 1 fully saturated rings. The lowest BCUT2D eigenvalue weighted by Gasteiger charge is -2.25. The third kappa shape index (κ3) is 5.77. The summed E-state index contributed by atoms with van der Waals surface area (Å²) < 4.78 is 5.34. The maximum absolute atomic E-state index is 13.3. The van der Waals surface area contributed by atoms with Gasteiger partial charge < -0.3 is 10.1 Å². The molecule has 0 spiro atoms. The van der Waals surface area contributed by atoms with Crippen LogP contribution in [0.25, 0.3) is 0 Å². The highest BCUT2D eigenvalue weighted by Gasteiger charge is 2.19. The number of nitrogens with one attached hydrogen (secondary N) is 2. The van der Waals surface area contributed by atoms with Crippen LogP contribution in [0.1, 0.15) is 45.6 Å². The van der Waals surface area contributed by atoms with Gasteiger partial charge in [-0.15, -0.1) is 11.3 Å². The third-order valence-electron chi connectivity index (χ3n) is 5.62. The number of methoxy groups -OCH3 is 1. The number of carbonyl (C=O) groups excluding carboxylic acids is 2. The summed E-state index contributed by atoms with van der Waals surface area (Å²) in [6, 6.07) is 12.0. The van der Waals surface area contributed by atoms with Gasteiger partial charge in [0.05, 0.1) is 18.4 Å². The molecule has 1 aliphatic rings. The van der Waals surface area contributed by atoms with Crippen molar-refractivity contribution in [3.8, 4) is 5.75 Å². The number of hydrogen-bond acceptors (Lipinski definition) is 6. The summed E-state index contributed by atoms with van der Waals surface area (Å²) in [6.07, 6.45) is 5.58. The van der Waals surface area contributed by atoms with Crippen LogP contribution in [0.4, 0.5) is 15.6 Å². The van der Waals surface area contributed by atoms with E-state index in [-0.39, 0.29) is 5.78 Å². The molecule has 0 bridgehead atoms. The molecule has 1 aromatic heterocycles. The molecule has 172 valence electrons. The second-order valence-corrected chi connectivity index (χ2v) is 9.24. The van der Waals surface area contributed by atoms with E-state index in [0.29, 0.717) is 27.7 Å². The minimum atomic E-state index is -0.438. The lowest BCUT2D eigenvalue weighted by Crippen LogP contribution is -2.28. The predicted octanol–water partition coefficient (Wildman–Crippen LogP) is 5.32. The van der Waals surface area contributed by atoms with Crippen LogP contribution in [0, 0.1) is 6.92 Å². The maximum atomic E-state index is 13.3. The van der Waals surface area contributed by atoms with E-state index in [1.165, 1.54) is 37.7 Å². The number of carbonyl (C=O) groups is 2. The highest BCUT2D eigenvalue weighted by molar-refractivity contribution is 7.15. The minimum Gasteiger partial charge on any atom is -0.496 e. The molecule has 2 amide bonds. The van der Waals surface area contributed by atoms with Crippen molar-refractivity contribution in [3.05, 3.63) is 70.2 Å². The number of nitrogens with zero attached hydrogens (tertiary/aromatic N) is 2. The minimum absolute atomic E-state index is 0.218. The van der Waals surface area contributed by atoms with E-state index in [9.17, 15) is 9.59 Å². The van der Waals surface area contributed by atoms with Crippen molar-refractivity contribution < 1.29 is 14.3 Å². The Labute approximate surface area is 197 Å². The second kappa shape index (κ2) is 10.6. The molecule has 1 saturated heterocycles. The molecule has 4 rings (SSSR count). The summed E-state index contributed by atoms with van der Waals surface area (Å²) in [5, 5.41) is 6.14. The first-order chi connectivity index (χ1) is 16.0. The average Bonchev–Trinajstić information content (AvgIpc) is 3.26. The lowest BCUT2D eigenvalue weighted by atomic mass is 9.99. The molecule has 2 N–H and O–H groups in total. The Morgan fingerprint density at radius 2 is 1.85 bits per heavy atom. The second-order valence-electron chi connectivity index (χ2n) is 8.13. The van der Waals surface area contributed by atoms with Crippen molar-refractivity contribution in [3.63, 3.8) is 0 Å². The largest absolute Gasteiger partial charge is 0.496 e. The standard InChI is InChI=1S/C25H28N4O3S/c1-17-10-11-21(20(14-17)23(30)19-8-4-5-9-22(19)32-2)27-24(31)28-25-26-15-18(33-25)16-29-12-6-3-7-13-29/h4-5,8-11,14-15H,3,6-7,12-13,16H2,1-2H3,(H2,26,27,28,31). The fraction of sp³-hybridized carbons (Fsp3) is 0.320. The summed E-state index contributed by atoms with van der Waals surface area (Å²) in [5.74, 6) is 0.271. The van der Waals surface area contributed by atoms with Gasteiger partial charge in [-0.3, -0.25) is 15.0 Å². The lowest BCUT2D eigenvalue weighted by molar-refractivity contribution is 0.103. The summed E-state index contributed by atoms with van der Waals surface area (Å²) in [6.45, 7) is 4.98. The number of likely N-dealkylation sites (tertiary alicyclic amines) is 1. The van der Waals surface area contributed by atoms with Crippen LogP contribution < -0.4 is 15.4 Å². The number of ketones is 1. The highest BCUT2D eigenvalue weighted by Crippen LogP contribution is 2.27. The number of rotatable bonds is 7. The van der Waals surface area contributed by atoms with E-state index in [1.807, 2.05) is 25.3 Å². The Kier molecular flexibility index (Phi) is 7.36. The van der Waals surface area contributed by atoms with Gasteiger partial charge in [0.2, 0.25) is 0 Å². The number of para-hydroxylation sites is 1. The molecule has 7 nitrogen and oxygen atoms in total. The van der Waals surface area contributed by atoms with Crippen LogP contribution in [0.15, 0.2) is 48.7 Å². The van der Waals surface area contributed by atoms with E-state index in [1.54, 1.807) is 30.3 Å². The zero-order valence-electron chi connectivity index (χ0n) is 18.9. The number of aromatic nitrogens is 1. The molecule has 0 saturated carbocycles. The first kappa shape index (κ1) is 22.9. The van der Waals surface area contributed by atoms with Crippen LogP contribution >= 0.6 is 11.3 Å². The smallest absolute Gasteiger partial charge is 0.325 e. The maximum Gasteiger partial charge on any atom is 0.325 e. The van der Waals surface area contributed by atoms with Crippen LogP contribution in [0.2, 0.25) is 0 Å². The fourth-order valence-electron chi connectivity index (χ4n) is 3.96. The Balaban J connectivity index is 1.46. The van der Waals surface area contributed by atoms with Crippen LogP contribution in [-0.2, 0) is 6.54 Å². The zero-order valence-corrected chi connectivity index (χ0v) is 19.7. The molecule has 33 heavy (non-hydrogen) atoms. The molecule has 0 atom stereocenters. The van der Waals surface area contributed by atoms with Gasteiger partial charge in [-0.2, -0.15) is 0 Å². The van der Waals surface area contributed by atoms with Crippen molar-refractivity contribution in [2.45, 2.75) is 32.7 Å². The van der Waals surface area contributed by atoms with E-state index >= 15 is 0 Å². The van der Waals surface area contributed by atoms with Crippen molar-refractivity contribution in [1.29, 1.82) is 0 Å². The molecule has 0 radical (unpaired) electrons. The molecule has 2 heterocycles. The zero-order chi connectivity index (χ0) is 23.2. The molecular weight excluding hydrogens is 436 g/mol. The van der Waals surface area contributed by atoms with Crippen LogP contribution in [0.3, 0.4) is 0 Å². The molecule has 0 aliphatic carbocycles. The number of ether oxygens (including phenoxy) is 1. The van der Waals surface area contributed by atoms with Crippen molar-refractivity contribution in [2.24, 2.45) is 0 Å². The fourth-order valence-corrected chi connectivity index (χ4v) is 4.81. The molecule has 0 unspecified atom stereocenters. The number of piperidine rings is 1. The summed E-state index contributed by atoms with van der Waals surface area (Å²) >= 11 is 1.47. The molecule has 3 aromatic rings. The Bertz CT molecular complexity index is 1140. The topological polar surface area (TPSA) is 83.6 Å². The number of anilines is 2. The van der Waals surface area contributed by atoms with Crippen LogP contribution in [-0.4, -0.2) is 41.9 Å². The number of hydrogen-bond donors (Lipinski definition) is 2. The number of amides is 2. The predicted molar refractivity (Wildman–Crippen MR) is 131 cm³/mol. The monoisotopic (exact) mass is 464 g/mol. The quantitative estimate of drug-likeness (QED) is 0.462. The molecule has 1 aliphatic heterocycles. The number of urea groups is 1. The van der Waals surface area contributed by atoms with Crippen LogP contribution in [0.5, 0.6) is 5.75 Å².